The number of aromatic nitrogens is 3. The van der Waals surface area contributed by atoms with E-state index in [1.807, 2.05) is 0 Å². The summed E-state index contributed by atoms with van der Waals surface area (Å²) in [5.41, 5.74) is 1.64. The Kier molecular flexibility index (Phi) is 4.18. The highest BCUT2D eigenvalue weighted by Crippen LogP contribution is 2.21. The van der Waals surface area contributed by atoms with Crippen LogP contribution in [-0.4, -0.2) is 27.3 Å². The zero-order chi connectivity index (χ0) is 16.2. The van der Waals surface area contributed by atoms with Crippen molar-refractivity contribution in [2.24, 2.45) is 0 Å². The third-order valence-electron chi connectivity index (χ3n) is 3.24. The number of benzene rings is 1. The fraction of sp³-hybridized carbons (Fsp3) is 0.188. The zero-order valence-electron chi connectivity index (χ0n) is 12.4. The first-order chi connectivity index (χ1) is 11.2. The fourth-order valence-electron chi connectivity index (χ4n) is 2.18. The first kappa shape index (κ1) is 15.0. The van der Waals surface area contributed by atoms with E-state index in [1.54, 1.807) is 31.2 Å². The van der Waals surface area contributed by atoms with Crippen LogP contribution in [0.2, 0.25) is 0 Å². The molecule has 0 amide bonds. The molecule has 2 heterocycles. The standard InChI is InChI=1S/C16H14FN3O3/c1-2-23-16(21)13-7-15(14-9-22-10-18-14)20(19-13)8-11-5-3-4-6-12(11)17/h3-7,9-10H,2,8H2,1H3. The lowest BCUT2D eigenvalue weighted by Crippen LogP contribution is -2.09. The number of nitrogens with zero attached hydrogens (tertiary/aromatic N) is 3. The second-order valence-corrected chi connectivity index (χ2v) is 4.76. The number of halogens is 1. The number of carbonyl (C=O) groups is 1. The molecule has 6 nitrogen and oxygen atoms in total. The van der Waals surface area contributed by atoms with Crippen molar-refractivity contribution in [1.29, 1.82) is 0 Å². The van der Waals surface area contributed by atoms with E-state index in [-0.39, 0.29) is 24.7 Å². The number of ether oxygens (including phenoxy) is 1. The number of hydrogen-bond donors (Lipinski definition) is 0. The van der Waals surface area contributed by atoms with Gasteiger partial charge in [0.1, 0.15) is 17.8 Å². The van der Waals surface area contributed by atoms with Gasteiger partial charge in [0.15, 0.2) is 12.1 Å². The molecular weight excluding hydrogens is 301 g/mol. The van der Waals surface area contributed by atoms with Gasteiger partial charge >= 0.3 is 5.97 Å². The maximum Gasteiger partial charge on any atom is 0.358 e. The summed E-state index contributed by atoms with van der Waals surface area (Å²) in [5, 5.41) is 4.21. The lowest BCUT2D eigenvalue weighted by Gasteiger charge is -2.06. The summed E-state index contributed by atoms with van der Waals surface area (Å²) >= 11 is 0. The average Bonchev–Trinajstić information content (AvgIpc) is 3.19. The van der Waals surface area contributed by atoms with Crippen molar-refractivity contribution in [2.75, 3.05) is 6.61 Å². The lowest BCUT2D eigenvalue weighted by atomic mass is 10.2. The summed E-state index contributed by atoms with van der Waals surface area (Å²) in [5.74, 6) is -0.878. The van der Waals surface area contributed by atoms with Crippen LogP contribution >= 0.6 is 0 Å². The molecule has 0 aliphatic heterocycles. The molecule has 7 heteroatoms. The highest BCUT2D eigenvalue weighted by molar-refractivity contribution is 5.88. The Morgan fingerprint density at radius 3 is 2.91 bits per heavy atom. The molecule has 0 atom stereocenters. The van der Waals surface area contributed by atoms with E-state index >= 15 is 0 Å². The molecule has 2 aromatic heterocycles. The molecule has 0 spiro atoms. The summed E-state index contributed by atoms with van der Waals surface area (Å²) in [4.78, 5) is 15.9. The van der Waals surface area contributed by atoms with Crippen molar-refractivity contribution in [3.63, 3.8) is 0 Å². The molecule has 0 bridgehead atoms. The summed E-state index contributed by atoms with van der Waals surface area (Å²) in [6, 6.07) is 7.94. The van der Waals surface area contributed by atoms with Crippen molar-refractivity contribution in [2.45, 2.75) is 13.5 Å². The van der Waals surface area contributed by atoms with E-state index in [4.69, 9.17) is 9.15 Å². The molecule has 3 rings (SSSR count). The first-order valence-corrected chi connectivity index (χ1v) is 7.06. The Balaban J connectivity index is 2.00. The molecule has 0 saturated heterocycles. The second kappa shape index (κ2) is 6.43. The summed E-state index contributed by atoms with van der Waals surface area (Å²) in [7, 11) is 0. The van der Waals surface area contributed by atoms with Gasteiger partial charge in [-0.15, -0.1) is 0 Å². The smallest absolute Gasteiger partial charge is 0.358 e. The van der Waals surface area contributed by atoms with Crippen LogP contribution in [0.25, 0.3) is 11.4 Å². The van der Waals surface area contributed by atoms with Crippen molar-refractivity contribution < 1.29 is 18.3 Å². The molecule has 0 unspecified atom stereocenters. The highest BCUT2D eigenvalue weighted by atomic mass is 19.1. The van der Waals surface area contributed by atoms with Crippen LogP contribution in [0.15, 0.2) is 47.4 Å². The Hall–Kier alpha value is -2.96. The predicted molar refractivity (Wildman–Crippen MR) is 79.2 cm³/mol. The third kappa shape index (κ3) is 3.13. The van der Waals surface area contributed by atoms with E-state index in [2.05, 4.69) is 10.1 Å². The number of esters is 1. The number of oxazole rings is 1. The first-order valence-electron chi connectivity index (χ1n) is 7.06. The van der Waals surface area contributed by atoms with Gasteiger partial charge in [-0.1, -0.05) is 18.2 Å². The van der Waals surface area contributed by atoms with Crippen LogP contribution in [0.1, 0.15) is 23.0 Å². The topological polar surface area (TPSA) is 70.2 Å². The maximum atomic E-state index is 13.9. The van der Waals surface area contributed by atoms with E-state index < -0.39 is 5.97 Å². The van der Waals surface area contributed by atoms with Crippen molar-refractivity contribution in [1.82, 2.24) is 14.8 Å². The fourth-order valence-corrected chi connectivity index (χ4v) is 2.18. The van der Waals surface area contributed by atoms with Crippen LogP contribution < -0.4 is 0 Å². The molecule has 0 aliphatic rings. The van der Waals surface area contributed by atoms with E-state index in [1.165, 1.54) is 23.4 Å². The van der Waals surface area contributed by atoms with Crippen LogP contribution in [0, 0.1) is 5.82 Å². The van der Waals surface area contributed by atoms with Crippen molar-refractivity contribution in [3.8, 4) is 11.4 Å². The monoisotopic (exact) mass is 315 g/mol. The summed E-state index contributed by atoms with van der Waals surface area (Å²) < 4.78 is 25.3. The SMILES string of the molecule is CCOC(=O)c1cc(-c2cocn2)n(Cc2ccccc2F)n1. The predicted octanol–water partition coefficient (Wildman–Crippen LogP) is 2.90. The van der Waals surface area contributed by atoms with E-state index in [0.29, 0.717) is 17.0 Å². The van der Waals surface area contributed by atoms with Gasteiger partial charge in [0.2, 0.25) is 0 Å². The molecule has 0 saturated carbocycles. The van der Waals surface area contributed by atoms with Crippen LogP contribution in [0.4, 0.5) is 4.39 Å². The molecule has 0 N–H and O–H groups in total. The molecule has 23 heavy (non-hydrogen) atoms. The Labute approximate surface area is 131 Å². The Morgan fingerprint density at radius 1 is 1.39 bits per heavy atom. The van der Waals surface area contributed by atoms with Gasteiger partial charge in [0, 0.05) is 11.6 Å². The maximum absolute atomic E-state index is 13.9. The van der Waals surface area contributed by atoms with Gasteiger partial charge in [0.25, 0.3) is 0 Å². The zero-order valence-corrected chi connectivity index (χ0v) is 12.4. The average molecular weight is 315 g/mol. The van der Waals surface area contributed by atoms with Gasteiger partial charge in [0.05, 0.1) is 18.8 Å². The minimum Gasteiger partial charge on any atom is -0.461 e. The quantitative estimate of drug-likeness (QED) is 0.677. The summed E-state index contributed by atoms with van der Waals surface area (Å²) in [6.07, 6.45) is 2.71. The summed E-state index contributed by atoms with van der Waals surface area (Å²) in [6.45, 7) is 2.12. The Morgan fingerprint density at radius 2 is 2.22 bits per heavy atom. The largest absolute Gasteiger partial charge is 0.461 e. The second-order valence-electron chi connectivity index (χ2n) is 4.76. The molecule has 118 valence electrons. The minimum absolute atomic E-state index is 0.140. The van der Waals surface area contributed by atoms with E-state index in [0.717, 1.165) is 0 Å². The van der Waals surface area contributed by atoms with Crippen LogP contribution in [0.5, 0.6) is 0 Å². The lowest BCUT2D eigenvalue weighted by molar-refractivity contribution is 0.0518. The number of rotatable bonds is 5. The number of hydrogen-bond acceptors (Lipinski definition) is 5. The van der Waals surface area contributed by atoms with Gasteiger partial charge < -0.3 is 9.15 Å². The normalized spacial score (nSPS) is 10.7. The molecule has 0 aliphatic carbocycles. The highest BCUT2D eigenvalue weighted by Gasteiger charge is 2.18. The molecule has 3 aromatic rings. The number of carbonyl (C=O) groups excluding carboxylic acids is 1. The van der Waals surface area contributed by atoms with Gasteiger partial charge in [-0.25, -0.2) is 14.2 Å². The van der Waals surface area contributed by atoms with Crippen molar-refractivity contribution in [3.05, 3.63) is 60.1 Å². The molecule has 1 aromatic carbocycles. The minimum atomic E-state index is -0.537. The van der Waals surface area contributed by atoms with E-state index in [9.17, 15) is 9.18 Å². The van der Waals surface area contributed by atoms with Gasteiger partial charge in [-0.05, 0) is 13.0 Å². The molecule has 0 radical (unpaired) electrons. The van der Waals surface area contributed by atoms with Crippen molar-refractivity contribution >= 4 is 5.97 Å². The third-order valence-corrected chi connectivity index (χ3v) is 3.24. The van der Waals surface area contributed by atoms with Crippen LogP contribution in [-0.2, 0) is 11.3 Å². The van der Waals surface area contributed by atoms with Crippen LogP contribution in [0.3, 0.4) is 0 Å². The molecule has 0 fully saturated rings. The Bertz CT molecular complexity index is 812. The molecular formula is C16H14FN3O3. The van der Waals surface area contributed by atoms with Gasteiger partial charge in [-0.3, -0.25) is 4.68 Å². The van der Waals surface area contributed by atoms with Gasteiger partial charge in [-0.2, -0.15) is 5.10 Å².